The van der Waals surface area contributed by atoms with Gasteiger partial charge >= 0.3 is 0 Å². The van der Waals surface area contributed by atoms with Gasteiger partial charge in [-0.05, 0) is 19.1 Å². The summed E-state index contributed by atoms with van der Waals surface area (Å²) in [7, 11) is -3.78. The van der Waals surface area contributed by atoms with E-state index < -0.39 is 21.0 Å². The van der Waals surface area contributed by atoms with E-state index in [4.69, 9.17) is 5.73 Å². The average Bonchev–Trinajstić information content (AvgIpc) is 2.43. The first-order valence-electron chi connectivity index (χ1n) is 6.01. The molecule has 0 aliphatic rings. The van der Waals surface area contributed by atoms with Gasteiger partial charge in [-0.3, -0.25) is 14.9 Å². The fourth-order valence-electron chi connectivity index (χ4n) is 1.36. The van der Waals surface area contributed by atoms with Gasteiger partial charge < -0.3 is 11.1 Å². The van der Waals surface area contributed by atoms with E-state index in [1.807, 2.05) is 0 Å². The Labute approximate surface area is 133 Å². The van der Waals surface area contributed by atoms with Crippen molar-refractivity contribution in [2.75, 3.05) is 13.1 Å². The van der Waals surface area contributed by atoms with E-state index in [1.165, 1.54) is 6.92 Å². The Morgan fingerprint density at radius 2 is 1.86 bits per heavy atom. The molecule has 1 aromatic carbocycles. The molecule has 0 aliphatic heterocycles. The highest BCUT2D eigenvalue weighted by atomic mass is 35.5. The van der Waals surface area contributed by atoms with Crippen molar-refractivity contribution in [3.05, 3.63) is 34.4 Å². The zero-order valence-corrected chi connectivity index (χ0v) is 13.3. The number of rotatable bonds is 7. The molecule has 11 heteroatoms. The summed E-state index contributed by atoms with van der Waals surface area (Å²) in [5, 5.41) is 12.9. The van der Waals surface area contributed by atoms with Crippen LogP contribution in [-0.2, 0) is 14.8 Å². The zero-order chi connectivity index (χ0) is 16.0. The van der Waals surface area contributed by atoms with E-state index >= 15 is 0 Å². The monoisotopic (exact) mass is 352 g/mol. The third kappa shape index (κ3) is 5.93. The Morgan fingerprint density at radius 1 is 1.32 bits per heavy atom. The number of non-ortho nitro benzene ring substituents is 1. The molecule has 1 amide bonds. The van der Waals surface area contributed by atoms with Crippen LogP contribution in [0.25, 0.3) is 0 Å². The van der Waals surface area contributed by atoms with Gasteiger partial charge in [-0.2, -0.15) is 0 Å². The topological polar surface area (TPSA) is 144 Å². The minimum Gasteiger partial charge on any atom is -0.353 e. The Kier molecular flexibility index (Phi) is 7.95. The summed E-state index contributed by atoms with van der Waals surface area (Å²) >= 11 is 0. The summed E-state index contributed by atoms with van der Waals surface area (Å²) in [6.45, 7) is 1.58. The van der Waals surface area contributed by atoms with Crippen LogP contribution in [0.2, 0.25) is 0 Å². The first-order valence-corrected chi connectivity index (χ1v) is 7.50. The number of hydrogen-bond donors (Lipinski definition) is 3. The van der Waals surface area contributed by atoms with E-state index in [2.05, 4.69) is 10.0 Å². The van der Waals surface area contributed by atoms with Gasteiger partial charge in [-0.15, -0.1) is 12.4 Å². The van der Waals surface area contributed by atoms with Crippen molar-refractivity contribution in [3.8, 4) is 0 Å². The summed E-state index contributed by atoms with van der Waals surface area (Å²) in [4.78, 5) is 20.9. The minimum atomic E-state index is -3.78. The first-order chi connectivity index (χ1) is 9.74. The highest BCUT2D eigenvalue weighted by Crippen LogP contribution is 2.15. The maximum absolute atomic E-state index is 11.9. The van der Waals surface area contributed by atoms with E-state index in [0.29, 0.717) is 0 Å². The molecule has 0 fully saturated rings. The summed E-state index contributed by atoms with van der Waals surface area (Å²) in [5.74, 6) is -0.385. The highest BCUT2D eigenvalue weighted by Gasteiger charge is 2.15. The van der Waals surface area contributed by atoms with Crippen molar-refractivity contribution in [2.24, 2.45) is 5.73 Å². The number of nitro groups is 1. The van der Waals surface area contributed by atoms with Gasteiger partial charge in [-0.1, -0.05) is 0 Å². The molecule has 0 aromatic heterocycles. The number of hydrogen-bond acceptors (Lipinski definition) is 6. The van der Waals surface area contributed by atoms with Gasteiger partial charge in [0.15, 0.2) is 0 Å². The van der Waals surface area contributed by atoms with Crippen LogP contribution in [0.1, 0.15) is 6.92 Å². The van der Waals surface area contributed by atoms with E-state index in [1.54, 1.807) is 0 Å². The number of nitrogens with one attached hydrogen (secondary N) is 2. The number of nitrogens with two attached hydrogens (primary N) is 1. The van der Waals surface area contributed by atoms with E-state index in [-0.39, 0.29) is 42.0 Å². The second kappa shape index (κ2) is 8.63. The van der Waals surface area contributed by atoms with Crippen LogP contribution in [0.3, 0.4) is 0 Å². The maximum Gasteiger partial charge on any atom is 0.269 e. The summed E-state index contributed by atoms with van der Waals surface area (Å²) in [6.07, 6.45) is 0. The molecule has 0 bridgehead atoms. The van der Waals surface area contributed by atoms with Crippen LogP contribution in [-0.4, -0.2) is 38.4 Å². The maximum atomic E-state index is 11.9. The van der Waals surface area contributed by atoms with Crippen LogP contribution < -0.4 is 15.8 Å². The molecule has 0 saturated heterocycles. The summed E-state index contributed by atoms with van der Waals surface area (Å²) < 4.78 is 26.0. The molecule has 124 valence electrons. The quantitative estimate of drug-likeness (QED) is 0.351. The van der Waals surface area contributed by atoms with Crippen molar-refractivity contribution < 1.29 is 18.1 Å². The Morgan fingerprint density at radius 3 is 2.32 bits per heavy atom. The molecule has 1 rings (SSSR count). The summed E-state index contributed by atoms with van der Waals surface area (Å²) in [5.41, 5.74) is 5.13. The number of benzene rings is 1. The third-order valence-electron chi connectivity index (χ3n) is 2.49. The first kappa shape index (κ1) is 20.2. The van der Waals surface area contributed by atoms with Crippen molar-refractivity contribution >= 4 is 34.0 Å². The number of nitro benzene ring substituents is 1. The van der Waals surface area contributed by atoms with Gasteiger partial charge in [-0.25, -0.2) is 13.1 Å². The SMILES string of the molecule is C[C@@H](N)C(=O)NCCNS(=O)(=O)c1ccc([N+](=O)[O-])cc1.Cl. The van der Waals surface area contributed by atoms with Crippen LogP contribution in [0.5, 0.6) is 0 Å². The zero-order valence-electron chi connectivity index (χ0n) is 11.7. The average molecular weight is 353 g/mol. The number of carbonyl (C=O) groups excluding carboxylic acids is 1. The van der Waals surface area contributed by atoms with Crippen molar-refractivity contribution in [3.63, 3.8) is 0 Å². The highest BCUT2D eigenvalue weighted by molar-refractivity contribution is 7.89. The number of sulfonamides is 1. The fourth-order valence-corrected chi connectivity index (χ4v) is 2.39. The predicted octanol–water partition coefficient (Wildman–Crippen LogP) is -0.242. The predicted molar refractivity (Wildman–Crippen MR) is 82.2 cm³/mol. The number of halogens is 1. The molecule has 22 heavy (non-hydrogen) atoms. The Bertz CT molecular complexity index is 618. The molecule has 0 spiro atoms. The lowest BCUT2D eigenvalue weighted by atomic mass is 10.3. The van der Waals surface area contributed by atoms with Crippen LogP contribution in [0.4, 0.5) is 5.69 Å². The largest absolute Gasteiger partial charge is 0.353 e. The molecule has 9 nitrogen and oxygen atoms in total. The molecule has 1 atom stereocenters. The molecule has 0 unspecified atom stereocenters. The smallest absolute Gasteiger partial charge is 0.269 e. The lowest BCUT2D eigenvalue weighted by Crippen LogP contribution is -2.41. The Hall–Kier alpha value is -1.75. The molecular formula is C11H17ClN4O5S. The molecule has 4 N–H and O–H groups in total. The van der Waals surface area contributed by atoms with Crippen LogP contribution in [0.15, 0.2) is 29.2 Å². The number of amides is 1. The third-order valence-corrected chi connectivity index (χ3v) is 3.96. The fraction of sp³-hybridized carbons (Fsp3) is 0.364. The molecule has 1 aromatic rings. The van der Waals surface area contributed by atoms with Gasteiger partial charge in [0, 0.05) is 25.2 Å². The van der Waals surface area contributed by atoms with Gasteiger partial charge in [0.25, 0.3) is 5.69 Å². The second-order valence-electron chi connectivity index (χ2n) is 4.23. The second-order valence-corrected chi connectivity index (χ2v) is 6.00. The summed E-state index contributed by atoms with van der Waals surface area (Å²) in [6, 6.07) is 3.82. The normalized spacial score (nSPS) is 12.1. The molecule has 0 heterocycles. The molecule has 0 aliphatic carbocycles. The van der Waals surface area contributed by atoms with Gasteiger partial charge in [0.1, 0.15) is 0 Å². The van der Waals surface area contributed by atoms with E-state index in [9.17, 15) is 23.3 Å². The van der Waals surface area contributed by atoms with E-state index in [0.717, 1.165) is 24.3 Å². The Balaban J connectivity index is 0.00000441. The number of carbonyl (C=O) groups is 1. The number of nitrogens with zero attached hydrogens (tertiary/aromatic N) is 1. The van der Waals surface area contributed by atoms with Gasteiger partial charge in [0.2, 0.25) is 15.9 Å². The molecular weight excluding hydrogens is 336 g/mol. The van der Waals surface area contributed by atoms with Crippen LogP contribution in [0, 0.1) is 10.1 Å². The molecule has 0 radical (unpaired) electrons. The lowest BCUT2D eigenvalue weighted by Gasteiger charge is -2.09. The molecule has 0 saturated carbocycles. The minimum absolute atomic E-state index is 0. The van der Waals surface area contributed by atoms with Crippen molar-refractivity contribution in [1.82, 2.24) is 10.0 Å². The standard InChI is InChI=1S/C11H16N4O5S.ClH/c1-8(12)11(16)13-6-7-14-21(19,20)10-4-2-9(3-5-10)15(17)18;/h2-5,8,14H,6-7,12H2,1H3,(H,13,16);1H/t8-;/m1./s1. The van der Waals surface area contributed by atoms with Crippen molar-refractivity contribution in [1.29, 1.82) is 0 Å². The van der Waals surface area contributed by atoms with Gasteiger partial charge in [0.05, 0.1) is 15.9 Å². The van der Waals surface area contributed by atoms with Crippen molar-refractivity contribution in [2.45, 2.75) is 17.9 Å². The van der Waals surface area contributed by atoms with Crippen LogP contribution >= 0.6 is 12.4 Å². The lowest BCUT2D eigenvalue weighted by molar-refractivity contribution is -0.384.